The molecular weight excluding hydrogens is 234 g/mol. The van der Waals surface area contributed by atoms with Crippen molar-refractivity contribution in [2.45, 2.75) is 32.1 Å². The first-order valence-corrected chi connectivity index (χ1v) is 5.77. The Balaban J connectivity index is 2.20. The third-order valence-electron chi connectivity index (χ3n) is 2.17. The highest BCUT2D eigenvalue weighted by Crippen LogP contribution is 2.12. The molecule has 0 aromatic heterocycles. The highest BCUT2D eigenvalue weighted by molar-refractivity contribution is 9.09. The summed E-state index contributed by atoms with van der Waals surface area (Å²) >= 11 is 3.34. The Morgan fingerprint density at radius 3 is 2.23 bits per heavy atom. The van der Waals surface area contributed by atoms with E-state index >= 15 is 0 Å². The van der Waals surface area contributed by atoms with Gasteiger partial charge in [0.15, 0.2) is 0 Å². The molecule has 0 unspecified atom stereocenters. The lowest BCUT2D eigenvalue weighted by molar-refractivity contribution is -0.138. The Hall–Kier alpha value is -0.380. The van der Waals surface area contributed by atoms with Gasteiger partial charge in [0.2, 0.25) is 11.8 Å². The molecule has 0 spiro atoms. The molecule has 1 saturated heterocycles. The quantitative estimate of drug-likeness (QED) is 0.422. The largest absolute Gasteiger partial charge is 0.283 e. The van der Waals surface area contributed by atoms with Crippen molar-refractivity contribution in [3.05, 3.63) is 0 Å². The number of carbonyl (C=O) groups excluding carboxylic acids is 2. The minimum absolute atomic E-state index is 0.00356. The molecule has 1 aliphatic heterocycles. The molecule has 0 bridgehead atoms. The van der Waals surface area contributed by atoms with Crippen LogP contribution in [0, 0.1) is 0 Å². The molecule has 13 heavy (non-hydrogen) atoms. The van der Waals surface area contributed by atoms with E-state index in [0.717, 1.165) is 24.6 Å². The summed E-state index contributed by atoms with van der Waals surface area (Å²) in [4.78, 5) is 23.7. The molecule has 2 amide bonds. The maximum absolute atomic E-state index is 11.1. The predicted octanol–water partition coefficient (Wildman–Crippen LogP) is 1.70. The average molecular weight is 248 g/mol. The Morgan fingerprint density at radius 1 is 1.08 bits per heavy atom. The summed E-state index contributed by atoms with van der Waals surface area (Å²) in [5.74, 6) is 0.00712. The second kappa shape index (κ2) is 5.37. The Kier molecular flexibility index (Phi) is 4.42. The number of carbonyl (C=O) groups is 2. The number of imide groups is 1. The van der Waals surface area contributed by atoms with Crippen LogP contribution in [0.1, 0.15) is 32.1 Å². The zero-order valence-corrected chi connectivity index (χ0v) is 9.18. The molecule has 0 atom stereocenters. The van der Waals surface area contributed by atoms with Crippen LogP contribution in [0.2, 0.25) is 0 Å². The van der Waals surface area contributed by atoms with Gasteiger partial charge in [-0.25, -0.2) is 0 Å². The molecule has 0 aliphatic carbocycles. The first-order chi connectivity index (χ1) is 6.25. The van der Waals surface area contributed by atoms with Gasteiger partial charge in [0.05, 0.1) is 0 Å². The van der Waals surface area contributed by atoms with Gasteiger partial charge < -0.3 is 0 Å². The number of alkyl halides is 1. The SMILES string of the molecule is O=C1CCC(=O)N1CCCCCBr. The van der Waals surface area contributed by atoms with Crippen molar-refractivity contribution in [3.8, 4) is 0 Å². The summed E-state index contributed by atoms with van der Waals surface area (Å²) < 4.78 is 0. The first-order valence-electron chi connectivity index (χ1n) is 4.65. The Bertz CT molecular complexity index is 190. The molecule has 0 aromatic rings. The van der Waals surface area contributed by atoms with E-state index in [1.807, 2.05) is 0 Å². The summed E-state index contributed by atoms with van der Waals surface area (Å²) in [6.45, 7) is 0.616. The van der Waals surface area contributed by atoms with E-state index < -0.39 is 0 Å². The van der Waals surface area contributed by atoms with Crippen molar-refractivity contribution >= 4 is 27.7 Å². The smallest absolute Gasteiger partial charge is 0.229 e. The van der Waals surface area contributed by atoms with Crippen molar-refractivity contribution in [1.29, 1.82) is 0 Å². The second-order valence-electron chi connectivity index (χ2n) is 3.19. The van der Waals surface area contributed by atoms with Crippen molar-refractivity contribution in [1.82, 2.24) is 4.90 Å². The molecule has 1 aliphatic rings. The summed E-state index contributed by atoms with van der Waals surface area (Å²) in [6, 6.07) is 0. The van der Waals surface area contributed by atoms with Crippen LogP contribution in [0.5, 0.6) is 0 Å². The normalized spacial score (nSPS) is 17.2. The van der Waals surface area contributed by atoms with Crippen molar-refractivity contribution < 1.29 is 9.59 Å². The summed E-state index contributed by atoms with van der Waals surface area (Å²) in [7, 11) is 0. The molecule has 3 nitrogen and oxygen atoms in total. The van der Waals surface area contributed by atoms with Crippen molar-refractivity contribution in [2.24, 2.45) is 0 Å². The molecule has 4 heteroatoms. The number of hydrogen-bond donors (Lipinski definition) is 0. The lowest BCUT2D eigenvalue weighted by Gasteiger charge is -2.12. The van der Waals surface area contributed by atoms with Gasteiger partial charge in [-0.3, -0.25) is 14.5 Å². The predicted molar refractivity (Wildman–Crippen MR) is 53.6 cm³/mol. The van der Waals surface area contributed by atoms with E-state index in [2.05, 4.69) is 15.9 Å². The third-order valence-corrected chi connectivity index (χ3v) is 2.73. The fourth-order valence-corrected chi connectivity index (χ4v) is 1.81. The molecule has 0 saturated carbocycles. The number of likely N-dealkylation sites (tertiary alicyclic amines) is 1. The highest BCUT2D eigenvalue weighted by atomic mass is 79.9. The molecule has 0 radical (unpaired) electrons. The third kappa shape index (κ3) is 3.10. The van der Waals surface area contributed by atoms with Gasteiger partial charge in [-0.1, -0.05) is 22.4 Å². The van der Waals surface area contributed by atoms with Crippen LogP contribution in [0.3, 0.4) is 0 Å². The zero-order valence-electron chi connectivity index (χ0n) is 7.59. The van der Waals surface area contributed by atoms with Gasteiger partial charge in [0.25, 0.3) is 0 Å². The fraction of sp³-hybridized carbons (Fsp3) is 0.778. The van der Waals surface area contributed by atoms with Crippen LogP contribution in [0.4, 0.5) is 0 Å². The maximum atomic E-state index is 11.1. The van der Waals surface area contributed by atoms with Gasteiger partial charge in [0.1, 0.15) is 0 Å². The monoisotopic (exact) mass is 247 g/mol. The van der Waals surface area contributed by atoms with Crippen LogP contribution in [0.25, 0.3) is 0 Å². The number of amides is 2. The Labute approximate surface area is 86.6 Å². The van der Waals surface area contributed by atoms with E-state index in [9.17, 15) is 9.59 Å². The number of unbranched alkanes of at least 4 members (excludes halogenated alkanes) is 2. The van der Waals surface area contributed by atoms with Crippen molar-refractivity contribution in [3.63, 3.8) is 0 Å². The molecule has 0 aromatic carbocycles. The second-order valence-corrected chi connectivity index (χ2v) is 3.98. The molecule has 0 N–H and O–H groups in total. The van der Waals surface area contributed by atoms with Crippen LogP contribution in [-0.4, -0.2) is 28.6 Å². The van der Waals surface area contributed by atoms with Gasteiger partial charge in [-0.05, 0) is 12.8 Å². The number of nitrogens with zero attached hydrogens (tertiary/aromatic N) is 1. The lowest BCUT2D eigenvalue weighted by Crippen LogP contribution is -2.29. The van der Waals surface area contributed by atoms with Gasteiger partial charge in [-0.15, -0.1) is 0 Å². The van der Waals surface area contributed by atoms with Crippen molar-refractivity contribution in [2.75, 3.05) is 11.9 Å². The average Bonchev–Trinajstić information content (AvgIpc) is 2.42. The first kappa shape index (κ1) is 10.7. The lowest BCUT2D eigenvalue weighted by atomic mass is 10.2. The molecule has 1 fully saturated rings. The molecule has 74 valence electrons. The molecule has 1 heterocycles. The highest BCUT2D eigenvalue weighted by Gasteiger charge is 2.27. The van der Waals surface area contributed by atoms with Gasteiger partial charge in [0, 0.05) is 24.7 Å². The summed E-state index contributed by atoms with van der Waals surface area (Å²) in [5, 5.41) is 0.995. The van der Waals surface area contributed by atoms with Gasteiger partial charge >= 0.3 is 0 Å². The number of halogens is 1. The summed E-state index contributed by atoms with van der Waals surface area (Å²) in [5.41, 5.74) is 0. The minimum atomic E-state index is 0.00356. The molecule has 1 rings (SSSR count). The zero-order chi connectivity index (χ0) is 9.68. The number of rotatable bonds is 5. The van der Waals surface area contributed by atoms with E-state index in [1.165, 1.54) is 4.90 Å². The van der Waals surface area contributed by atoms with Crippen LogP contribution in [-0.2, 0) is 9.59 Å². The van der Waals surface area contributed by atoms with Gasteiger partial charge in [-0.2, -0.15) is 0 Å². The van der Waals surface area contributed by atoms with E-state index in [1.54, 1.807) is 0 Å². The van der Waals surface area contributed by atoms with E-state index in [0.29, 0.717) is 19.4 Å². The van der Waals surface area contributed by atoms with Crippen LogP contribution in [0.15, 0.2) is 0 Å². The number of hydrogen-bond acceptors (Lipinski definition) is 2. The summed E-state index contributed by atoms with van der Waals surface area (Å²) in [6.07, 6.45) is 3.94. The van der Waals surface area contributed by atoms with Crippen LogP contribution < -0.4 is 0 Å². The van der Waals surface area contributed by atoms with E-state index in [4.69, 9.17) is 0 Å². The van der Waals surface area contributed by atoms with Crippen LogP contribution >= 0.6 is 15.9 Å². The topological polar surface area (TPSA) is 37.4 Å². The minimum Gasteiger partial charge on any atom is -0.283 e. The Morgan fingerprint density at radius 2 is 1.69 bits per heavy atom. The maximum Gasteiger partial charge on any atom is 0.229 e. The standard InChI is InChI=1S/C9H14BrNO2/c10-6-2-1-3-7-11-8(12)4-5-9(11)13/h1-7H2. The fourth-order valence-electron chi connectivity index (χ4n) is 1.41. The molecular formula is C9H14BrNO2. The van der Waals surface area contributed by atoms with E-state index in [-0.39, 0.29) is 11.8 Å².